The molecule has 0 radical (unpaired) electrons. The van der Waals surface area contributed by atoms with E-state index >= 15 is 0 Å². The van der Waals surface area contributed by atoms with E-state index in [1.807, 2.05) is 69.3 Å². The molecule has 1 amide bonds. The standard InChI is InChI=1S/C17H18N4O/c1-12-8-7-11-14-18-16(20-21(12)14)19-15(22)17(2,3)13-9-5-4-6-10-13/h4-11H,1-3H3,(H,19,20,22). The van der Waals surface area contributed by atoms with Crippen molar-refractivity contribution in [1.82, 2.24) is 14.6 Å². The highest BCUT2D eigenvalue weighted by molar-refractivity contribution is 5.97. The molecule has 5 heteroatoms. The van der Waals surface area contributed by atoms with E-state index in [4.69, 9.17) is 0 Å². The fourth-order valence-electron chi connectivity index (χ4n) is 2.33. The van der Waals surface area contributed by atoms with Crippen LogP contribution in [-0.2, 0) is 10.2 Å². The largest absolute Gasteiger partial charge is 0.292 e. The van der Waals surface area contributed by atoms with Crippen LogP contribution in [0.5, 0.6) is 0 Å². The molecule has 1 N–H and O–H groups in total. The molecule has 0 aliphatic heterocycles. The Morgan fingerprint density at radius 2 is 1.82 bits per heavy atom. The van der Waals surface area contributed by atoms with Crippen LogP contribution in [-0.4, -0.2) is 20.5 Å². The number of nitrogens with zero attached hydrogens (tertiary/aromatic N) is 3. The minimum atomic E-state index is -0.659. The second-order valence-electron chi connectivity index (χ2n) is 5.82. The zero-order valence-electron chi connectivity index (χ0n) is 12.9. The van der Waals surface area contributed by atoms with Crippen molar-refractivity contribution in [3.05, 3.63) is 59.8 Å². The summed E-state index contributed by atoms with van der Waals surface area (Å²) in [6.07, 6.45) is 0. The molecule has 0 fully saturated rings. The van der Waals surface area contributed by atoms with Crippen LogP contribution in [0.15, 0.2) is 48.5 Å². The molecule has 1 aromatic carbocycles. The van der Waals surface area contributed by atoms with Gasteiger partial charge in [0.15, 0.2) is 5.65 Å². The molecule has 0 aliphatic carbocycles. The van der Waals surface area contributed by atoms with Crippen LogP contribution in [0.1, 0.15) is 25.1 Å². The third kappa shape index (κ3) is 2.45. The molecular weight excluding hydrogens is 276 g/mol. The van der Waals surface area contributed by atoms with E-state index in [2.05, 4.69) is 15.4 Å². The Hall–Kier alpha value is -2.69. The first-order valence-electron chi connectivity index (χ1n) is 7.18. The molecule has 0 spiro atoms. The Morgan fingerprint density at radius 3 is 2.50 bits per heavy atom. The van der Waals surface area contributed by atoms with Gasteiger partial charge in [-0.3, -0.25) is 10.1 Å². The summed E-state index contributed by atoms with van der Waals surface area (Å²) in [4.78, 5) is 16.9. The summed E-state index contributed by atoms with van der Waals surface area (Å²) in [5.74, 6) is 0.190. The van der Waals surface area contributed by atoms with Crippen molar-refractivity contribution in [3.63, 3.8) is 0 Å². The molecule has 0 saturated heterocycles. The molecule has 112 valence electrons. The molecular formula is C17H18N4O. The van der Waals surface area contributed by atoms with Gasteiger partial charge >= 0.3 is 0 Å². The maximum atomic E-state index is 12.6. The third-order valence-corrected chi connectivity index (χ3v) is 3.84. The average Bonchev–Trinajstić information content (AvgIpc) is 2.92. The number of amides is 1. The van der Waals surface area contributed by atoms with Crippen molar-refractivity contribution >= 4 is 17.5 Å². The number of rotatable bonds is 3. The van der Waals surface area contributed by atoms with E-state index in [1.54, 1.807) is 4.52 Å². The first-order chi connectivity index (χ1) is 10.5. The summed E-state index contributed by atoms with van der Waals surface area (Å²) in [7, 11) is 0. The van der Waals surface area contributed by atoms with Crippen molar-refractivity contribution in [2.24, 2.45) is 0 Å². The lowest BCUT2D eigenvalue weighted by molar-refractivity contribution is -0.120. The Kier molecular flexibility index (Phi) is 3.41. The summed E-state index contributed by atoms with van der Waals surface area (Å²) in [5, 5.41) is 7.15. The van der Waals surface area contributed by atoms with E-state index in [-0.39, 0.29) is 5.91 Å². The van der Waals surface area contributed by atoms with Gasteiger partial charge in [-0.25, -0.2) is 4.52 Å². The second-order valence-corrected chi connectivity index (χ2v) is 5.82. The Morgan fingerprint density at radius 1 is 1.09 bits per heavy atom. The molecule has 2 heterocycles. The van der Waals surface area contributed by atoms with E-state index in [0.717, 1.165) is 11.3 Å². The maximum absolute atomic E-state index is 12.6. The zero-order valence-corrected chi connectivity index (χ0v) is 12.9. The topological polar surface area (TPSA) is 59.3 Å². The number of carbonyl (C=O) groups excluding carboxylic acids is 1. The minimum Gasteiger partial charge on any atom is -0.292 e. The van der Waals surface area contributed by atoms with Crippen molar-refractivity contribution in [3.8, 4) is 0 Å². The fraction of sp³-hybridized carbons (Fsp3) is 0.235. The van der Waals surface area contributed by atoms with Crippen molar-refractivity contribution in [2.75, 3.05) is 5.32 Å². The smallest absolute Gasteiger partial charge is 0.249 e. The molecule has 22 heavy (non-hydrogen) atoms. The van der Waals surface area contributed by atoms with E-state index in [0.29, 0.717) is 11.6 Å². The molecule has 0 saturated carbocycles. The highest BCUT2D eigenvalue weighted by Gasteiger charge is 2.30. The lowest BCUT2D eigenvalue weighted by Gasteiger charge is -2.23. The highest BCUT2D eigenvalue weighted by atomic mass is 16.2. The molecule has 3 rings (SSSR count). The first-order valence-corrected chi connectivity index (χ1v) is 7.18. The molecule has 0 atom stereocenters. The monoisotopic (exact) mass is 294 g/mol. The van der Waals surface area contributed by atoms with Crippen LogP contribution in [0.2, 0.25) is 0 Å². The fourth-order valence-corrected chi connectivity index (χ4v) is 2.33. The van der Waals surface area contributed by atoms with E-state index in [1.165, 1.54) is 0 Å². The summed E-state index contributed by atoms with van der Waals surface area (Å²) in [6.45, 7) is 5.72. The summed E-state index contributed by atoms with van der Waals surface area (Å²) in [6, 6.07) is 15.4. The molecule has 5 nitrogen and oxygen atoms in total. The Balaban J connectivity index is 1.88. The van der Waals surface area contributed by atoms with Gasteiger partial charge in [0.1, 0.15) is 0 Å². The van der Waals surface area contributed by atoms with E-state index in [9.17, 15) is 4.79 Å². The number of anilines is 1. The van der Waals surface area contributed by atoms with Crippen molar-refractivity contribution < 1.29 is 4.79 Å². The maximum Gasteiger partial charge on any atom is 0.249 e. The van der Waals surface area contributed by atoms with Gasteiger partial charge in [-0.1, -0.05) is 36.4 Å². The number of nitrogens with one attached hydrogen (secondary N) is 1. The van der Waals surface area contributed by atoms with Crippen LogP contribution in [0, 0.1) is 6.92 Å². The number of aryl methyl sites for hydroxylation is 1. The molecule has 3 aromatic rings. The number of benzene rings is 1. The second kappa shape index (κ2) is 5.26. The van der Waals surface area contributed by atoms with Crippen LogP contribution in [0.25, 0.3) is 5.65 Å². The molecule has 0 unspecified atom stereocenters. The summed E-state index contributed by atoms with van der Waals surface area (Å²) >= 11 is 0. The van der Waals surface area contributed by atoms with Crippen molar-refractivity contribution in [2.45, 2.75) is 26.2 Å². The van der Waals surface area contributed by atoms with Gasteiger partial charge in [0, 0.05) is 5.69 Å². The Labute approximate surface area is 129 Å². The SMILES string of the molecule is Cc1cccc2nc(NC(=O)C(C)(C)c3ccccc3)nn12. The number of hydrogen-bond donors (Lipinski definition) is 1. The highest BCUT2D eigenvalue weighted by Crippen LogP contribution is 2.24. The Bertz CT molecular complexity index is 821. The number of fused-ring (bicyclic) bond motifs is 1. The van der Waals surface area contributed by atoms with Gasteiger partial charge in [0.2, 0.25) is 11.9 Å². The van der Waals surface area contributed by atoms with Gasteiger partial charge < -0.3 is 0 Å². The quantitative estimate of drug-likeness (QED) is 0.808. The molecule has 0 aliphatic rings. The number of pyridine rings is 1. The third-order valence-electron chi connectivity index (χ3n) is 3.84. The number of hydrogen-bond acceptors (Lipinski definition) is 3. The summed E-state index contributed by atoms with van der Waals surface area (Å²) in [5.41, 5.74) is 1.97. The molecule has 2 aromatic heterocycles. The van der Waals surface area contributed by atoms with Crippen LogP contribution < -0.4 is 5.32 Å². The van der Waals surface area contributed by atoms with Crippen LogP contribution in [0.4, 0.5) is 5.95 Å². The predicted molar refractivity (Wildman–Crippen MR) is 85.8 cm³/mol. The van der Waals surface area contributed by atoms with Gasteiger partial charge in [-0.15, -0.1) is 5.10 Å². The van der Waals surface area contributed by atoms with Crippen molar-refractivity contribution in [1.29, 1.82) is 0 Å². The summed E-state index contributed by atoms with van der Waals surface area (Å²) < 4.78 is 1.71. The zero-order chi connectivity index (χ0) is 15.7. The normalized spacial score (nSPS) is 11.6. The molecule has 0 bridgehead atoms. The predicted octanol–water partition coefficient (Wildman–Crippen LogP) is 2.95. The van der Waals surface area contributed by atoms with Crippen LogP contribution >= 0.6 is 0 Å². The minimum absolute atomic E-state index is 0.132. The van der Waals surface area contributed by atoms with Gasteiger partial charge in [0.05, 0.1) is 5.41 Å². The van der Waals surface area contributed by atoms with Gasteiger partial charge in [-0.05, 0) is 38.5 Å². The first kappa shape index (κ1) is 14.3. The van der Waals surface area contributed by atoms with Gasteiger partial charge in [-0.2, -0.15) is 4.98 Å². The number of carbonyl (C=O) groups is 1. The van der Waals surface area contributed by atoms with Crippen LogP contribution in [0.3, 0.4) is 0 Å². The lowest BCUT2D eigenvalue weighted by atomic mass is 9.84. The lowest BCUT2D eigenvalue weighted by Crippen LogP contribution is -2.35. The number of aromatic nitrogens is 3. The average molecular weight is 294 g/mol. The van der Waals surface area contributed by atoms with Gasteiger partial charge in [0.25, 0.3) is 0 Å². The van der Waals surface area contributed by atoms with E-state index < -0.39 is 5.41 Å².